The summed E-state index contributed by atoms with van der Waals surface area (Å²) in [4.78, 5) is 16.1. The van der Waals surface area contributed by atoms with Crippen LogP contribution in [0.2, 0.25) is 0 Å². The molecular formula is C17H19N3O. The monoisotopic (exact) mass is 281 g/mol. The molecule has 21 heavy (non-hydrogen) atoms. The van der Waals surface area contributed by atoms with E-state index in [9.17, 15) is 4.79 Å². The molecule has 1 unspecified atom stereocenters. The van der Waals surface area contributed by atoms with Crippen LogP contribution in [0.1, 0.15) is 41.2 Å². The zero-order valence-corrected chi connectivity index (χ0v) is 11.8. The summed E-state index contributed by atoms with van der Waals surface area (Å²) >= 11 is 0. The van der Waals surface area contributed by atoms with Gasteiger partial charge in [0.25, 0.3) is 5.91 Å². The van der Waals surface area contributed by atoms with Crippen LogP contribution in [0.25, 0.3) is 0 Å². The van der Waals surface area contributed by atoms with Crippen molar-refractivity contribution in [1.29, 1.82) is 0 Å². The molecule has 4 heteroatoms. The standard InChI is InChI=1S/C17H19N3O/c18-16(12-2-1-3-12)13-4-6-14(7-5-13)17(21)20-15-8-10-19-11-9-15/h4-12,16H,1-3,18H2,(H,19,20,21). The number of hydrogen-bond acceptors (Lipinski definition) is 3. The first kappa shape index (κ1) is 13.8. The summed E-state index contributed by atoms with van der Waals surface area (Å²) in [6.45, 7) is 0. The molecule has 0 aliphatic heterocycles. The van der Waals surface area contributed by atoms with Crippen molar-refractivity contribution >= 4 is 11.6 Å². The number of nitrogens with two attached hydrogens (primary N) is 1. The fourth-order valence-corrected chi connectivity index (χ4v) is 2.57. The third-order valence-electron chi connectivity index (χ3n) is 4.15. The van der Waals surface area contributed by atoms with Gasteiger partial charge in [-0.25, -0.2) is 0 Å². The molecule has 1 aromatic heterocycles. The number of nitrogens with zero attached hydrogens (tertiary/aromatic N) is 1. The van der Waals surface area contributed by atoms with E-state index in [1.54, 1.807) is 24.5 Å². The van der Waals surface area contributed by atoms with E-state index < -0.39 is 0 Å². The number of hydrogen-bond donors (Lipinski definition) is 2. The van der Waals surface area contributed by atoms with E-state index in [0.29, 0.717) is 11.5 Å². The average molecular weight is 281 g/mol. The SMILES string of the molecule is NC(c1ccc(C(=O)Nc2ccncc2)cc1)C1CCC1. The Labute approximate surface area is 124 Å². The highest BCUT2D eigenvalue weighted by Crippen LogP contribution is 2.36. The summed E-state index contributed by atoms with van der Waals surface area (Å²) in [6, 6.07) is 11.2. The average Bonchev–Trinajstić information content (AvgIpc) is 2.46. The maximum absolute atomic E-state index is 12.1. The first-order valence-electron chi connectivity index (χ1n) is 7.31. The van der Waals surface area contributed by atoms with E-state index in [1.807, 2.05) is 24.3 Å². The van der Waals surface area contributed by atoms with Gasteiger partial charge < -0.3 is 11.1 Å². The van der Waals surface area contributed by atoms with Gasteiger partial charge in [-0.15, -0.1) is 0 Å². The van der Waals surface area contributed by atoms with Crippen LogP contribution in [0.4, 0.5) is 5.69 Å². The minimum absolute atomic E-state index is 0.0936. The number of amides is 1. The van der Waals surface area contributed by atoms with Crippen LogP contribution in [-0.4, -0.2) is 10.9 Å². The van der Waals surface area contributed by atoms with Crippen molar-refractivity contribution in [2.24, 2.45) is 11.7 Å². The molecule has 3 rings (SSSR count). The maximum atomic E-state index is 12.1. The van der Waals surface area contributed by atoms with E-state index in [0.717, 1.165) is 11.3 Å². The Balaban J connectivity index is 1.67. The lowest BCUT2D eigenvalue weighted by Crippen LogP contribution is -2.26. The zero-order valence-electron chi connectivity index (χ0n) is 11.8. The van der Waals surface area contributed by atoms with Crippen LogP contribution < -0.4 is 11.1 Å². The van der Waals surface area contributed by atoms with Gasteiger partial charge in [-0.3, -0.25) is 9.78 Å². The molecule has 0 radical (unpaired) electrons. The number of nitrogens with one attached hydrogen (secondary N) is 1. The van der Waals surface area contributed by atoms with Gasteiger partial charge in [0.1, 0.15) is 0 Å². The van der Waals surface area contributed by atoms with Gasteiger partial charge in [0.15, 0.2) is 0 Å². The van der Waals surface area contributed by atoms with Gasteiger partial charge in [-0.2, -0.15) is 0 Å². The molecule has 108 valence electrons. The molecule has 3 N–H and O–H groups in total. The van der Waals surface area contributed by atoms with Gasteiger partial charge >= 0.3 is 0 Å². The molecule has 1 amide bonds. The highest BCUT2D eigenvalue weighted by molar-refractivity contribution is 6.04. The summed E-state index contributed by atoms with van der Waals surface area (Å²) in [5.41, 5.74) is 8.73. The predicted molar refractivity (Wildman–Crippen MR) is 82.9 cm³/mol. The molecule has 2 aromatic rings. The lowest BCUT2D eigenvalue weighted by Gasteiger charge is -2.31. The van der Waals surface area contributed by atoms with Gasteiger partial charge in [0, 0.05) is 29.7 Å². The van der Waals surface area contributed by atoms with Crippen molar-refractivity contribution in [2.45, 2.75) is 25.3 Å². The Bertz CT molecular complexity index is 606. The van der Waals surface area contributed by atoms with Crippen LogP contribution in [0, 0.1) is 5.92 Å². The van der Waals surface area contributed by atoms with Gasteiger partial charge in [-0.1, -0.05) is 18.6 Å². The number of carbonyl (C=O) groups is 1. The van der Waals surface area contributed by atoms with Crippen LogP contribution in [0.15, 0.2) is 48.8 Å². The molecule has 1 aliphatic carbocycles. The fourth-order valence-electron chi connectivity index (χ4n) is 2.57. The normalized spacial score (nSPS) is 16.0. The second kappa shape index (κ2) is 6.06. The van der Waals surface area contributed by atoms with E-state index >= 15 is 0 Å². The Kier molecular flexibility index (Phi) is 3.97. The molecule has 1 saturated carbocycles. The molecule has 1 heterocycles. The summed E-state index contributed by atoms with van der Waals surface area (Å²) in [6.07, 6.45) is 7.01. The fraction of sp³-hybridized carbons (Fsp3) is 0.294. The van der Waals surface area contributed by atoms with Gasteiger partial charge in [0.2, 0.25) is 0 Å². The third kappa shape index (κ3) is 3.11. The molecule has 0 bridgehead atoms. The Morgan fingerprint density at radius 3 is 2.38 bits per heavy atom. The molecule has 1 fully saturated rings. The van der Waals surface area contributed by atoms with Crippen LogP contribution in [0.3, 0.4) is 0 Å². The Morgan fingerprint density at radius 1 is 1.14 bits per heavy atom. The zero-order chi connectivity index (χ0) is 14.7. The summed E-state index contributed by atoms with van der Waals surface area (Å²) in [5.74, 6) is 0.478. The number of aromatic nitrogens is 1. The highest BCUT2D eigenvalue weighted by Gasteiger charge is 2.25. The molecule has 1 aliphatic rings. The first-order valence-corrected chi connectivity index (χ1v) is 7.31. The van der Waals surface area contributed by atoms with E-state index in [-0.39, 0.29) is 11.9 Å². The van der Waals surface area contributed by atoms with Crippen molar-refractivity contribution in [1.82, 2.24) is 4.98 Å². The van der Waals surface area contributed by atoms with Crippen molar-refractivity contribution in [3.63, 3.8) is 0 Å². The minimum Gasteiger partial charge on any atom is -0.324 e. The van der Waals surface area contributed by atoms with Crippen molar-refractivity contribution < 1.29 is 4.79 Å². The second-order valence-corrected chi connectivity index (χ2v) is 5.53. The highest BCUT2D eigenvalue weighted by atomic mass is 16.1. The van der Waals surface area contributed by atoms with Crippen LogP contribution >= 0.6 is 0 Å². The topological polar surface area (TPSA) is 68.0 Å². The Hall–Kier alpha value is -2.20. The Morgan fingerprint density at radius 2 is 1.81 bits per heavy atom. The molecule has 1 aromatic carbocycles. The van der Waals surface area contributed by atoms with Crippen LogP contribution in [0.5, 0.6) is 0 Å². The van der Waals surface area contributed by atoms with E-state index in [4.69, 9.17) is 5.73 Å². The number of rotatable bonds is 4. The number of pyridine rings is 1. The summed E-state index contributed by atoms with van der Waals surface area (Å²) in [7, 11) is 0. The van der Waals surface area contributed by atoms with E-state index in [1.165, 1.54) is 19.3 Å². The number of benzene rings is 1. The van der Waals surface area contributed by atoms with Crippen molar-refractivity contribution in [3.8, 4) is 0 Å². The van der Waals surface area contributed by atoms with Crippen LogP contribution in [-0.2, 0) is 0 Å². The van der Waals surface area contributed by atoms with Gasteiger partial charge in [-0.05, 0) is 48.6 Å². The summed E-state index contributed by atoms with van der Waals surface area (Å²) < 4.78 is 0. The molecule has 4 nitrogen and oxygen atoms in total. The number of carbonyl (C=O) groups excluding carboxylic acids is 1. The summed E-state index contributed by atoms with van der Waals surface area (Å²) in [5, 5.41) is 2.84. The third-order valence-corrected chi connectivity index (χ3v) is 4.15. The lowest BCUT2D eigenvalue weighted by atomic mass is 9.77. The molecule has 0 spiro atoms. The predicted octanol–water partition coefficient (Wildman–Crippen LogP) is 3.13. The van der Waals surface area contributed by atoms with Gasteiger partial charge in [0.05, 0.1) is 0 Å². The lowest BCUT2D eigenvalue weighted by molar-refractivity contribution is 0.102. The first-order chi connectivity index (χ1) is 10.2. The maximum Gasteiger partial charge on any atom is 0.255 e. The number of anilines is 1. The molecule has 0 saturated heterocycles. The second-order valence-electron chi connectivity index (χ2n) is 5.53. The largest absolute Gasteiger partial charge is 0.324 e. The van der Waals surface area contributed by atoms with E-state index in [2.05, 4.69) is 10.3 Å². The quantitative estimate of drug-likeness (QED) is 0.904. The minimum atomic E-state index is -0.120. The molecule has 1 atom stereocenters. The molecular weight excluding hydrogens is 262 g/mol. The van der Waals surface area contributed by atoms with Crippen molar-refractivity contribution in [2.75, 3.05) is 5.32 Å². The smallest absolute Gasteiger partial charge is 0.255 e. The van der Waals surface area contributed by atoms with Crippen molar-refractivity contribution in [3.05, 3.63) is 59.9 Å².